The number of ketones is 1. The van der Waals surface area contributed by atoms with Crippen molar-refractivity contribution in [3.8, 4) is 0 Å². The van der Waals surface area contributed by atoms with Gasteiger partial charge in [0.1, 0.15) is 0 Å². The normalized spacial score (nSPS) is 20.1. The Bertz CT molecular complexity index is 483. The maximum atomic E-state index is 12.6. The summed E-state index contributed by atoms with van der Waals surface area (Å²) in [5, 5.41) is 0. The molecule has 1 amide bonds. The molecule has 1 fully saturated rings. The van der Waals surface area contributed by atoms with E-state index in [-0.39, 0.29) is 23.7 Å². The molecule has 1 aromatic rings. The number of nitrogens with zero attached hydrogens (tertiary/aromatic N) is 1. The molecule has 0 radical (unpaired) electrons. The largest absolute Gasteiger partial charge is 0.332 e. The first-order chi connectivity index (χ1) is 10.1. The Morgan fingerprint density at radius 3 is 2.62 bits per heavy atom. The number of hydrogen-bond acceptors (Lipinski definition) is 2. The number of aryl methyl sites for hydroxylation is 1. The van der Waals surface area contributed by atoms with Gasteiger partial charge in [0.25, 0.3) is 0 Å². The van der Waals surface area contributed by atoms with Crippen molar-refractivity contribution < 1.29 is 9.59 Å². The van der Waals surface area contributed by atoms with Gasteiger partial charge in [-0.05, 0) is 44.6 Å². The van der Waals surface area contributed by atoms with Crippen LogP contribution in [0.25, 0.3) is 0 Å². The molecule has 0 unspecified atom stereocenters. The van der Waals surface area contributed by atoms with Crippen LogP contribution in [-0.2, 0) is 16.0 Å². The highest BCUT2D eigenvalue weighted by molar-refractivity contribution is 5.88. The second kappa shape index (κ2) is 7.39. The molecule has 0 bridgehead atoms. The fourth-order valence-corrected chi connectivity index (χ4v) is 3.05. The van der Waals surface area contributed by atoms with Crippen LogP contribution in [0.4, 0.5) is 0 Å². The van der Waals surface area contributed by atoms with Crippen LogP contribution in [0.2, 0.25) is 0 Å². The fraction of sp³-hybridized carbons (Fsp3) is 0.556. The zero-order valence-corrected chi connectivity index (χ0v) is 13.0. The van der Waals surface area contributed by atoms with E-state index in [2.05, 4.69) is 12.1 Å². The Hall–Kier alpha value is -1.64. The van der Waals surface area contributed by atoms with E-state index in [9.17, 15) is 9.59 Å². The minimum atomic E-state index is -0.189. The van der Waals surface area contributed by atoms with Crippen molar-refractivity contribution in [3.63, 3.8) is 0 Å². The van der Waals surface area contributed by atoms with Gasteiger partial charge < -0.3 is 4.90 Å². The lowest BCUT2D eigenvalue weighted by atomic mass is 9.94. The van der Waals surface area contributed by atoms with Crippen molar-refractivity contribution in [3.05, 3.63) is 35.9 Å². The third-order valence-corrected chi connectivity index (χ3v) is 4.39. The molecule has 3 heteroatoms. The minimum Gasteiger partial charge on any atom is -0.332 e. The van der Waals surface area contributed by atoms with Crippen molar-refractivity contribution in [2.75, 3.05) is 6.54 Å². The Kier molecular flexibility index (Phi) is 5.54. The molecule has 3 nitrogen and oxygen atoms in total. The molecule has 1 heterocycles. The fourth-order valence-electron chi connectivity index (χ4n) is 3.05. The molecular formula is C18H25NO2. The highest BCUT2D eigenvalue weighted by Crippen LogP contribution is 2.22. The summed E-state index contributed by atoms with van der Waals surface area (Å²) >= 11 is 0. The smallest absolute Gasteiger partial charge is 0.226 e. The van der Waals surface area contributed by atoms with Gasteiger partial charge in [0.2, 0.25) is 5.91 Å². The zero-order chi connectivity index (χ0) is 15.2. The molecule has 1 aromatic carbocycles. The molecule has 1 aliphatic heterocycles. The number of rotatable bonds is 5. The lowest BCUT2D eigenvalue weighted by Gasteiger charge is -2.36. The number of carbonyl (C=O) groups is 2. The number of benzene rings is 1. The monoisotopic (exact) mass is 287 g/mol. The van der Waals surface area contributed by atoms with Crippen LogP contribution < -0.4 is 0 Å². The molecule has 0 aliphatic carbocycles. The predicted molar refractivity (Wildman–Crippen MR) is 84.0 cm³/mol. The first-order valence-electron chi connectivity index (χ1n) is 7.94. The number of carbonyl (C=O) groups excluding carboxylic acids is 2. The maximum Gasteiger partial charge on any atom is 0.226 e. The Labute approximate surface area is 127 Å². The second-order valence-electron chi connectivity index (χ2n) is 6.08. The molecule has 2 atom stereocenters. The van der Waals surface area contributed by atoms with E-state index in [0.717, 1.165) is 38.6 Å². The number of likely N-dealkylation sites (tertiary alicyclic amines) is 1. The van der Waals surface area contributed by atoms with Gasteiger partial charge in [-0.1, -0.05) is 37.3 Å². The Morgan fingerprint density at radius 1 is 1.24 bits per heavy atom. The van der Waals surface area contributed by atoms with Crippen LogP contribution in [0.1, 0.15) is 45.1 Å². The standard InChI is InChI=1S/C18H25NO2/c1-14(11-12-16-8-4-3-5-9-16)18(21)19-13-7-6-10-17(19)15(2)20/h3-5,8-9,14,17H,6-7,10-13H2,1-2H3/t14-,17-/m0/s1. The summed E-state index contributed by atoms with van der Waals surface area (Å²) in [4.78, 5) is 26.2. The van der Waals surface area contributed by atoms with Gasteiger partial charge in [-0.25, -0.2) is 0 Å². The van der Waals surface area contributed by atoms with Crippen molar-refractivity contribution >= 4 is 11.7 Å². The third kappa shape index (κ3) is 4.16. The van der Waals surface area contributed by atoms with Crippen LogP contribution in [0, 0.1) is 5.92 Å². The molecule has 0 aromatic heterocycles. The highest BCUT2D eigenvalue weighted by Gasteiger charge is 2.31. The van der Waals surface area contributed by atoms with Gasteiger partial charge in [-0.3, -0.25) is 9.59 Å². The van der Waals surface area contributed by atoms with E-state index < -0.39 is 0 Å². The molecule has 0 saturated carbocycles. The van der Waals surface area contributed by atoms with Gasteiger partial charge >= 0.3 is 0 Å². The number of Topliss-reactive ketones (excluding diaryl/α,β-unsaturated/α-hetero) is 1. The molecule has 114 valence electrons. The van der Waals surface area contributed by atoms with Crippen LogP contribution in [0.5, 0.6) is 0 Å². The molecule has 2 rings (SSSR count). The first kappa shape index (κ1) is 15.7. The van der Waals surface area contributed by atoms with E-state index in [1.807, 2.05) is 30.0 Å². The number of amides is 1. The number of piperidine rings is 1. The molecule has 1 saturated heterocycles. The van der Waals surface area contributed by atoms with Crippen LogP contribution in [0.15, 0.2) is 30.3 Å². The molecular weight excluding hydrogens is 262 g/mol. The van der Waals surface area contributed by atoms with Crippen LogP contribution >= 0.6 is 0 Å². The SMILES string of the molecule is CC(=O)[C@@H]1CCCCN1C(=O)[C@@H](C)CCc1ccccc1. The average Bonchev–Trinajstić information content (AvgIpc) is 2.52. The topological polar surface area (TPSA) is 37.4 Å². The van der Waals surface area contributed by atoms with Crippen LogP contribution in [0.3, 0.4) is 0 Å². The lowest BCUT2D eigenvalue weighted by molar-refractivity contribution is -0.143. The van der Waals surface area contributed by atoms with E-state index in [4.69, 9.17) is 0 Å². The first-order valence-corrected chi connectivity index (χ1v) is 7.94. The van der Waals surface area contributed by atoms with Gasteiger partial charge in [-0.2, -0.15) is 0 Å². The maximum absolute atomic E-state index is 12.6. The lowest BCUT2D eigenvalue weighted by Crippen LogP contribution is -2.49. The summed E-state index contributed by atoms with van der Waals surface area (Å²) in [7, 11) is 0. The van der Waals surface area contributed by atoms with Gasteiger partial charge in [0.15, 0.2) is 5.78 Å². The number of hydrogen-bond donors (Lipinski definition) is 0. The van der Waals surface area contributed by atoms with Crippen molar-refractivity contribution in [2.24, 2.45) is 5.92 Å². The van der Waals surface area contributed by atoms with Crippen molar-refractivity contribution in [1.29, 1.82) is 0 Å². The van der Waals surface area contributed by atoms with Gasteiger partial charge in [-0.15, -0.1) is 0 Å². The van der Waals surface area contributed by atoms with Crippen molar-refractivity contribution in [1.82, 2.24) is 4.90 Å². The van der Waals surface area contributed by atoms with Crippen LogP contribution in [-0.4, -0.2) is 29.2 Å². The van der Waals surface area contributed by atoms with E-state index in [1.165, 1.54) is 5.56 Å². The Balaban J connectivity index is 1.93. The van der Waals surface area contributed by atoms with Gasteiger partial charge in [0, 0.05) is 12.5 Å². The molecule has 0 spiro atoms. The third-order valence-electron chi connectivity index (χ3n) is 4.39. The summed E-state index contributed by atoms with van der Waals surface area (Å²) in [5.41, 5.74) is 1.26. The summed E-state index contributed by atoms with van der Waals surface area (Å²) in [6.07, 6.45) is 4.64. The average molecular weight is 287 g/mol. The van der Waals surface area contributed by atoms with E-state index >= 15 is 0 Å². The quantitative estimate of drug-likeness (QED) is 0.834. The zero-order valence-electron chi connectivity index (χ0n) is 13.0. The predicted octanol–water partition coefficient (Wildman–Crippen LogP) is 3.23. The van der Waals surface area contributed by atoms with Crippen molar-refractivity contribution in [2.45, 2.75) is 52.0 Å². The molecule has 0 N–H and O–H groups in total. The summed E-state index contributed by atoms with van der Waals surface area (Å²) in [6.45, 7) is 4.32. The van der Waals surface area contributed by atoms with Gasteiger partial charge in [0.05, 0.1) is 6.04 Å². The summed E-state index contributed by atoms with van der Waals surface area (Å²) in [5.74, 6) is 0.245. The highest BCUT2D eigenvalue weighted by atomic mass is 16.2. The van der Waals surface area contributed by atoms with E-state index in [1.54, 1.807) is 6.92 Å². The molecule has 21 heavy (non-hydrogen) atoms. The Morgan fingerprint density at radius 2 is 1.95 bits per heavy atom. The minimum absolute atomic E-state index is 0.0230. The second-order valence-corrected chi connectivity index (χ2v) is 6.08. The summed E-state index contributed by atoms with van der Waals surface area (Å²) < 4.78 is 0. The van der Waals surface area contributed by atoms with E-state index in [0.29, 0.717) is 0 Å². The summed E-state index contributed by atoms with van der Waals surface area (Å²) in [6, 6.07) is 10.1. The molecule has 1 aliphatic rings.